The molecule has 4 N–H and O–H groups in total. The van der Waals surface area contributed by atoms with Crippen molar-refractivity contribution < 1.29 is 9.59 Å². The molecule has 1 aromatic heterocycles. The Balaban J connectivity index is 1.79. The first-order valence-electron chi connectivity index (χ1n) is 7.40. The molecule has 0 spiro atoms. The first kappa shape index (κ1) is 15.5. The Labute approximate surface area is 138 Å². The molecule has 1 heterocycles. The number of carbonyl (C=O) groups excluding carboxylic acids is 2. The van der Waals surface area contributed by atoms with E-state index in [1.807, 2.05) is 36.4 Å². The molecule has 120 valence electrons. The second-order valence-corrected chi connectivity index (χ2v) is 5.23. The van der Waals surface area contributed by atoms with Gasteiger partial charge in [0.15, 0.2) is 0 Å². The van der Waals surface area contributed by atoms with Crippen molar-refractivity contribution in [1.82, 2.24) is 15.3 Å². The van der Waals surface area contributed by atoms with E-state index in [-0.39, 0.29) is 5.69 Å². The summed E-state index contributed by atoms with van der Waals surface area (Å²) in [5.74, 6) is -0.495. The monoisotopic (exact) mass is 320 g/mol. The number of imidazole rings is 1. The molecular formula is C18H16N4O2. The molecule has 6 nitrogen and oxygen atoms in total. The van der Waals surface area contributed by atoms with E-state index in [1.165, 1.54) is 6.20 Å². The van der Waals surface area contributed by atoms with Crippen LogP contribution in [0.3, 0.4) is 0 Å². The summed E-state index contributed by atoms with van der Waals surface area (Å²) in [6, 6.07) is 17.4. The van der Waals surface area contributed by atoms with E-state index in [0.29, 0.717) is 11.4 Å². The summed E-state index contributed by atoms with van der Waals surface area (Å²) in [5.41, 5.74) is 7.16. The van der Waals surface area contributed by atoms with Crippen molar-refractivity contribution in [2.45, 2.75) is 6.04 Å². The standard InChI is InChI=1S/C18H16N4O2/c19-16(23)15(12-7-3-1-4-8-12)22-18(24)14-11-20-17(21-14)13-9-5-2-6-10-13/h1-11,15H,(H2,19,23)(H,20,21)(H,22,24)/t15-/m1/s1. The van der Waals surface area contributed by atoms with Gasteiger partial charge >= 0.3 is 0 Å². The van der Waals surface area contributed by atoms with E-state index in [2.05, 4.69) is 15.3 Å². The van der Waals surface area contributed by atoms with Gasteiger partial charge in [0.1, 0.15) is 17.6 Å². The Morgan fingerprint density at radius 1 is 1.00 bits per heavy atom. The molecule has 0 fully saturated rings. The van der Waals surface area contributed by atoms with Crippen molar-refractivity contribution in [3.05, 3.63) is 78.1 Å². The molecule has 0 unspecified atom stereocenters. The molecule has 24 heavy (non-hydrogen) atoms. The molecule has 0 aliphatic heterocycles. The van der Waals surface area contributed by atoms with Crippen molar-refractivity contribution in [2.75, 3.05) is 0 Å². The first-order chi connectivity index (χ1) is 11.6. The number of H-pyrrole nitrogens is 1. The second kappa shape index (κ2) is 6.78. The van der Waals surface area contributed by atoms with Gasteiger partial charge in [0.25, 0.3) is 5.91 Å². The van der Waals surface area contributed by atoms with E-state index in [1.54, 1.807) is 24.3 Å². The lowest BCUT2D eigenvalue weighted by atomic mass is 10.1. The maximum atomic E-state index is 12.4. The molecule has 2 aromatic carbocycles. The second-order valence-electron chi connectivity index (χ2n) is 5.23. The molecule has 0 radical (unpaired) electrons. The molecule has 1 atom stereocenters. The number of rotatable bonds is 5. The van der Waals surface area contributed by atoms with Crippen LogP contribution in [0.1, 0.15) is 22.1 Å². The zero-order valence-electron chi connectivity index (χ0n) is 12.8. The lowest BCUT2D eigenvalue weighted by molar-refractivity contribution is -0.120. The lowest BCUT2D eigenvalue weighted by Crippen LogP contribution is -2.37. The Morgan fingerprint density at radius 3 is 2.25 bits per heavy atom. The van der Waals surface area contributed by atoms with Crippen LogP contribution in [-0.4, -0.2) is 21.8 Å². The summed E-state index contributed by atoms with van der Waals surface area (Å²) in [4.78, 5) is 31.2. The molecule has 6 heteroatoms. The highest BCUT2D eigenvalue weighted by molar-refractivity contribution is 5.96. The topological polar surface area (TPSA) is 101 Å². The number of hydrogen-bond donors (Lipinski definition) is 3. The average Bonchev–Trinajstić information content (AvgIpc) is 3.11. The highest BCUT2D eigenvalue weighted by atomic mass is 16.2. The number of hydrogen-bond acceptors (Lipinski definition) is 3. The van der Waals surface area contributed by atoms with Crippen molar-refractivity contribution in [3.8, 4) is 11.4 Å². The minimum atomic E-state index is -0.901. The van der Waals surface area contributed by atoms with Gasteiger partial charge in [0, 0.05) is 5.56 Å². The van der Waals surface area contributed by atoms with Crippen LogP contribution >= 0.6 is 0 Å². The predicted octanol–water partition coefficient (Wildman–Crippen LogP) is 2.03. The van der Waals surface area contributed by atoms with Crippen LogP contribution < -0.4 is 11.1 Å². The Hall–Kier alpha value is -3.41. The Bertz CT molecular complexity index is 844. The summed E-state index contributed by atoms with van der Waals surface area (Å²) in [6.45, 7) is 0. The fraction of sp³-hybridized carbons (Fsp3) is 0.0556. The van der Waals surface area contributed by atoms with Crippen LogP contribution in [0.5, 0.6) is 0 Å². The number of nitrogens with one attached hydrogen (secondary N) is 2. The molecule has 0 saturated carbocycles. The van der Waals surface area contributed by atoms with E-state index in [4.69, 9.17) is 5.73 Å². The summed E-state index contributed by atoms with van der Waals surface area (Å²) in [7, 11) is 0. The highest BCUT2D eigenvalue weighted by Gasteiger charge is 2.21. The van der Waals surface area contributed by atoms with Crippen LogP contribution in [0.2, 0.25) is 0 Å². The Morgan fingerprint density at radius 2 is 1.62 bits per heavy atom. The van der Waals surface area contributed by atoms with Crippen LogP contribution in [0.4, 0.5) is 0 Å². The molecule has 3 aromatic rings. The fourth-order valence-corrected chi connectivity index (χ4v) is 2.35. The smallest absolute Gasteiger partial charge is 0.270 e. The minimum Gasteiger partial charge on any atom is -0.368 e. The first-order valence-corrected chi connectivity index (χ1v) is 7.40. The predicted molar refractivity (Wildman–Crippen MR) is 89.9 cm³/mol. The number of benzene rings is 2. The van der Waals surface area contributed by atoms with E-state index in [0.717, 1.165) is 5.56 Å². The minimum absolute atomic E-state index is 0.260. The van der Waals surface area contributed by atoms with Gasteiger partial charge in [-0.15, -0.1) is 0 Å². The van der Waals surface area contributed by atoms with Gasteiger partial charge in [-0.25, -0.2) is 4.98 Å². The third-order valence-corrected chi connectivity index (χ3v) is 3.56. The number of nitrogens with zero attached hydrogens (tertiary/aromatic N) is 1. The number of amides is 2. The quantitative estimate of drug-likeness (QED) is 0.670. The summed E-state index contributed by atoms with van der Waals surface area (Å²) in [5, 5.41) is 2.63. The largest absolute Gasteiger partial charge is 0.368 e. The van der Waals surface area contributed by atoms with E-state index in [9.17, 15) is 9.59 Å². The maximum Gasteiger partial charge on any atom is 0.270 e. The zero-order valence-corrected chi connectivity index (χ0v) is 12.8. The number of aromatic amines is 1. The summed E-state index contributed by atoms with van der Waals surface area (Å²) in [6.07, 6.45) is 1.43. The number of nitrogens with two attached hydrogens (primary N) is 1. The van der Waals surface area contributed by atoms with E-state index >= 15 is 0 Å². The van der Waals surface area contributed by atoms with Crippen LogP contribution in [0, 0.1) is 0 Å². The van der Waals surface area contributed by atoms with Crippen molar-refractivity contribution in [1.29, 1.82) is 0 Å². The van der Waals surface area contributed by atoms with E-state index < -0.39 is 17.9 Å². The van der Waals surface area contributed by atoms with Gasteiger partial charge in [-0.05, 0) is 5.56 Å². The number of carbonyl (C=O) groups is 2. The normalized spacial score (nSPS) is 11.7. The summed E-state index contributed by atoms with van der Waals surface area (Å²) >= 11 is 0. The van der Waals surface area contributed by atoms with Crippen LogP contribution in [0.25, 0.3) is 11.4 Å². The van der Waals surface area contributed by atoms with Crippen molar-refractivity contribution in [3.63, 3.8) is 0 Å². The zero-order chi connectivity index (χ0) is 16.9. The van der Waals surface area contributed by atoms with Crippen molar-refractivity contribution in [2.24, 2.45) is 5.73 Å². The molecule has 0 bridgehead atoms. The van der Waals surface area contributed by atoms with Gasteiger partial charge in [-0.3, -0.25) is 9.59 Å². The van der Waals surface area contributed by atoms with Gasteiger partial charge in [-0.1, -0.05) is 60.7 Å². The number of aromatic nitrogens is 2. The van der Waals surface area contributed by atoms with Crippen LogP contribution in [0.15, 0.2) is 66.9 Å². The fourth-order valence-electron chi connectivity index (χ4n) is 2.35. The maximum absolute atomic E-state index is 12.4. The third kappa shape index (κ3) is 3.33. The molecule has 0 aliphatic rings. The molecule has 0 aliphatic carbocycles. The van der Waals surface area contributed by atoms with Crippen molar-refractivity contribution >= 4 is 11.8 Å². The number of primary amides is 1. The van der Waals surface area contributed by atoms with Gasteiger partial charge < -0.3 is 16.0 Å². The lowest BCUT2D eigenvalue weighted by Gasteiger charge is -2.15. The molecule has 0 saturated heterocycles. The molecule has 2 amide bonds. The van der Waals surface area contributed by atoms with Crippen LogP contribution in [-0.2, 0) is 4.79 Å². The van der Waals surface area contributed by atoms with Gasteiger partial charge in [0.2, 0.25) is 5.91 Å². The SMILES string of the molecule is NC(=O)[C@H](NC(=O)c1cnc(-c2ccccc2)[nH]1)c1ccccc1. The van der Waals surface area contributed by atoms with Gasteiger partial charge in [-0.2, -0.15) is 0 Å². The molecular weight excluding hydrogens is 304 g/mol. The highest BCUT2D eigenvalue weighted by Crippen LogP contribution is 2.16. The third-order valence-electron chi connectivity index (χ3n) is 3.56. The summed E-state index contributed by atoms with van der Waals surface area (Å²) < 4.78 is 0. The van der Waals surface area contributed by atoms with Gasteiger partial charge in [0.05, 0.1) is 6.20 Å². The molecule has 3 rings (SSSR count). The average molecular weight is 320 g/mol. The Kier molecular flexibility index (Phi) is 4.38.